The monoisotopic (exact) mass is 201 g/mol. The first-order chi connectivity index (χ1) is 6.47. The van der Waals surface area contributed by atoms with Crippen molar-refractivity contribution in [3.05, 3.63) is 0 Å². The van der Waals surface area contributed by atoms with E-state index >= 15 is 0 Å². The van der Waals surface area contributed by atoms with E-state index in [1.165, 1.54) is 0 Å². The zero-order chi connectivity index (χ0) is 10.8. The first-order valence-electron chi connectivity index (χ1n) is 5.46. The number of aliphatic hydroxyl groups excluding tert-OH is 2. The van der Waals surface area contributed by atoms with Gasteiger partial charge in [0.15, 0.2) is 0 Å². The highest BCUT2D eigenvalue weighted by Crippen LogP contribution is 2.48. The Morgan fingerprint density at radius 3 is 2.21 bits per heavy atom. The van der Waals surface area contributed by atoms with Crippen molar-refractivity contribution in [3.8, 4) is 0 Å². The molecule has 1 fully saturated rings. The summed E-state index contributed by atoms with van der Waals surface area (Å²) in [6, 6.07) is 0. The summed E-state index contributed by atoms with van der Waals surface area (Å²) in [5.74, 6) is 0. The summed E-state index contributed by atoms with van der Waals surface area (Å²) in [6.07, 6.45) is 3.33. The van der Waals surface area contributed by atoms with Gasteiger partial charge in [-0.2, -0.15) is 0 Å². The van der Waals surface area contributed by atoms with Gasteiger partial charge < -0.3 is 15.9 Å². The molecule has 0 bridgehead atoms. The SMILES string of the molecule is CC(C)(CO)C1(CN)CCC(O)CC1. The van der Waals surface area contributed by atoms with Crippen LogP contribution in [0.5, 0.6) is 0 Å². The molecule has 0 spiro atoms. The van der Waals surface area contributed by atoms with Gasteiger partial charge in [0.05, 0.1) is 6.10 Å². The maximum Gasteiger partial charge on any atom is 0.0540 e. The van der Waals surface area contributed by atoms with Crippen molar-refractivity contribution in [2.24, 2.45) is 16.6 Å². The molecule has 3 nitrogen and oxygen atoms in total. The zero-order valence-corrected chi connectivity index (χ0v) is 9.29. The first kappa shape index (κ1) is 12.0. The van der Waals surface area contributed by atoms with Crippen LogP contribution in [0.15, 0.2) is 0 Å². The highest BCUT2D eigenvalue weighted by molar-refractivity contribution is 4.96. The van der Waals surface area contributed by atoms with E-state index in [0.29, 0.717) is 6.54 Å². The van der Waals surface area contributed by atoms with Crippen LogP contribution in [0.25, 0.3) is 0 Å². The maximum absolute atomic E-state index is 9.47. The molecule has 0 aromatic heterocycles. The standard InChI is InChI=1S/C11H23NO2/c1-10(2,8-13)11(7-12)5-3-9(14)4-6-11/h9,13-14H,3-8,12H2,1-2H3. The van der Waals surface area contributed by atoms with Gasteiger partial charge in [0.1, 0.15) is 0 Å². The summed E-state index contributed by atoms with van der Waals surface area (Å²) in [5.41, 5.74) is 5.73. The van der Waals surface area contributed by atoms with Crippen molar-refractivity contribution in [2.75, 3.05) is 13.2 Å². The van der Waals surface area contributed by atoms with Crippen LogP contribution in [-0.2, 0) is 0 Å². The molecule has 0 heterocycles. The molecule has 1 aliphatic rings. The lowest BCUT2D eigenvalue weighted by molar-refractivity contribution is -0.0403. The predicted molar refractivity (Wildman–Crippen MR) is 56.8 cm³/mol. The van der Waals surface area contributed by atoms with Gasteiger partial charge in [0, 0.05) is 6.61 Å². The molecule has 0 radical (unpaired) electrons. The second kappa shape index (κ2) is 4.17. The van der Waals surface area contributed by atoms with Gasteiger partial charge in [0.25, 0.3) is 0 Å². The molecule has 1 saturated carbocycles. The molecule has 4 N–H and O–H groups in total. The molecule has 0 aliphatic heterocycles. The minimum absolute atomic E-state index is 0.0149. The summed E-state index contributed by atoms with van der Waals surface area (Å²) in [7, 11) is 0. The van der Waals surface area contributed by atoms with Gasteiger partial charge >= 0.3 is 0 Å². The average molecular weight is 201 g/mol. The fourth-order valence-electron chi connectivity index (χ4n) is 2.48. The van der Waals surface area contributed by atoms with Gasteiger partial charge in [-0.05, 0) is 43.1 Å². The Morgan fingerprint density at radius 1 is 1.36 bits per heavy atom. The molecular weight excluding hydrogens is 178 g/mol. The molecule has 0 amide bonds. The average Bonchev–Trinajstić information content (AvgIpc) is 2.19. The largest absolute Gasteiger partial charge is 0.396 e. The number of aliphatic hydroxyl groups is 2. The fraction of sp³-hybridized carbons (Fsp3) is 1.00. The Morgan fingerprint density at radius 2 is 1.86 bits per heavy atom. The van der Waals surface area contributed by atoms with Gasteiger partial charge in [-0.1, -0.05) is 13.8 Å². The third-order valence-corrected chi connectivity index (χ3v) is 4.13. The van der Waals surface area contributed by atoms with E-state index in [2.05, 4.69) is 13.8 Å². The van der Waals surface area contributed by atoms with Crippen molar-refractivity contribution in [1.29, 1.82) is 0 Å². The van der Waals surface area contributed by atoms with E-state index in [1.54, 1.807) is 0 Å². The van der Waals surface area contributed by atoms with Gasteiger partial charge in [-0.15, -0.1) is 0 Å². The summed E-state index contributed by atoms with van der Waals surface area (Å²) >= 11 is 0. The molecule has 0 aromatic rings. The van der Waals surface area contributed by atoms with Gasteiger partial charge in [-0.3, -0.25) is 0 Å². The van der Waals surface area contributed by atoms with E-state index < -0.39 is 0 Å². The highest BCUT2D eigenvalue weighted by atomic mass is 16.3. The molecule has 84 valence electrons. The predicted octanol–water partition coefficient (Wildman–Crippen LogP) is 0.885. The Kier molecular flexibility index (Phi) is 3.56. The Labute approximate surface area is 86.3 Å². The van der Waals surface area contributed by atoms with Crippen LogP contribution >= 0.6 is 0 Å². The Bertz CT molecular complexity index is 184. The molecule has 14 heavy (non-hydrogen) atoms. The topological polar surface area (TPSA) is 66.5 Å². The number of nitrogens with two attached hydrogens (primary N) is 1. The summed E-state index contributed by atoms with van der Waals surface area (Å²) in [4.78, 5) is 0. The van der Waals surface area contributed by atoms with Crippen LogP contribution < -0.4 is 5.73 Å². The quantitative estimate of drug-likeness (QED) is 0.635. The van der Waals surface area contributed by atoms with Crippen LogP contribution in [-0.4, -0.2) is 29.5 Å². The van der Waals surface area contributed by atoms with Crippen molar-refractivity contribution in [1.82, 2.24) is 0 Å². The second-order valence-corrected chi connectivity index (χ2v) is 5.26. The maximum atomic E-state index is 9.47. The van der Waals surface area contributed by atoms with Gasteiger partial charge in [0.2, 0.25) is 0 Å². The number of hydrogen-bond acceptors (Lipinski definition) is 3. The van der Waals surface area contributed by atoms with Crippen LogP contribution in [0.2, 0.25) is 0 Å². The Balaban J connectivity index is 2.77. The fourth-order valence-corrected chi connectivity index (χ4v) is 2.48. The molecule has 3 heteroatoms. The van der Waals surface area contributed by atoms with Gasteiger partial charge in [-0.25, -0.2) is 0 Å². The molecule has 0 unspecified atom stereocenters. The number of hydrogen-bond donors (Lipinski definition) is 3. The number of rotatable bonds is 3. The molecule has 1 rings (SSSR count). The molecular formula is C11H23NO2. The summed E-state index contributed by atoms with van der Waals surface area (Å²) in [6.45, 7) is 4.91. The summed E-state index contributed by atoms with van der Waals surface area (Å²) in [5, 5.41) is 18.9. The summed E-state index contributed by atoms with van der Waals surface area (Å²) < 4.78 is 0. The smallest absolute Gasteiger partial charge is 0.0540 e. The van der Waals surface area contributed by atoms with Crippen molar-refractivity contribution < 1.29 is 10.2 Å². The third kappa shape index (κ3) is 1.95. The van der Waals surface area contributed by atoms with E-state index in [9.17, 15) is 10.2 Å². The van der Waals surface area contributed by atoms with Crippen LogP contribution in [0.3, 0.4) is 0 Å². The third-order valence-electron chi connectivity index (χ3n) is 4.13. The van der Waals surface area contributed by atoms with E-state index in [1.807, 2.05) is 0 Å². The molecule has 0 atom stereocenters. The molecule has 1 aliphatic carbocycles. The minimum atomic E-state index is -0.163. The minimum Gasteiger partial charge on any atom is -0.396 e. The van der Waals surface area contributed by atoms with E-state index in [-0.39, 0.29) is 23.5 Å². The van der Waals surface area contributed by atoms with Crippen LogP contribution in [0.4, 0.5) is 0 Å². The van der Waals surface area contributed by atoms with Crippen molar-refractivity contribution in [3.63, 3.8) is 0 Å². The van der Waals surface area contributed by atoms with Crippen molar-refractivity contribution >= 4 is 0 Å². The lowest BCUT2D eigenvalue weighted by Crippen LogP contribution is -2.48. The highest BCUT2D eigenvalue weighted by Gasteiger charge is 2.45. The van der Waals surface area contributed by atoms with E-state index in [0.717, 1.165) is 25.7 Å². The first-order valence-corrected chi connectivity index (χ1v) is 5.46. The zero-order valence-electron chi connectivity index (χ0n) is 9.29. The Hall–Kier alpha value is -0.120. The molecule has 0 saturated heterocycles. The second-order valence-electron chi connectivity index (χ2n) is 5.26. The lowest BCUT2D eigenvalue weighted by Gasteiger charge is -2.49. The normalized spacial score (nSPS) is 34.5. The van der Waals surface area contributed by atoms with Crippen LogP contribution in [0.1, 0.15) is 39.5 Å². The lowest BCUT2D eigenvalue weighted by atomic mass is 9.58. The van der Waals surface area contributed by atoms with Crippen molar-refractivity contribution in [2.45, 2.75) is 45.6 Å². The van der Waals surface area contributed by atoms with Crippen LogP contribution in [0, 0.1) is 10.8 Å². The van der Waals surface area contributed by atoms with E-state index in [4.69, 9.17) is 5.73 Å². The molecule has 0 aromatic carbocycles.